The number of rotatable bonds is 9. The van der Waals surface area contributed by atoms with Crippen molar-refractivity contribution in [3.05, 3.63) is 64.4 Å². The Morgan fingerprint density at radius 3 is 2.69 bits per heavy atom. The number of piperazine rings is 1. The second-order valence-electron chi connectivity index (χ2n) is 11.3. The summed E-state index contributed by atoms with van der Waals surface area (Å²) in [5, 5.41) is 6.83. The molecule has 1 amide bonds. The Kier molecular flexibility index (Phi) is 9.70. The molecule has 2 heterocycles. The van der Waals surface area contributed by atoms with Crippen molar-refractivity contribution in [2.45, 2.75) is 63.5 Å². The van der Waals surface area contributed by atoms with Crippen LogP contribution in [0.2, 0.25) is 5.02 Å². The Hall–Kier alpha value is -2.04. The molecule has 0 aliphatic carbocycles. The van der Waals surface area contributed by atoms with Crippen LogP contribution in [-0.2, 0) is 26.0 Å². The van der Waals surface area contributed by atoms with Gasteiger partial charge in [-0.1, -0.05) is 29.8 Å². The molecule has 0 bridgehead atoms. The average Bonchev–Trinajstić information content (AvgIpc) is 2.86. The Morgan fingerprint density at radius 2 is 2.00 bits per heavy atom. The molecule has 214 valence electrons. The summed E-state index contributed by atoms with van der Waals surface area (Å²) in [7, 11) is -3.37. The lowest BCUT2D eigenvalue weighted by atomic mass is 9.75. The number of amides is 1. The largest absolute Gasteiger partial charge is 0.376 e. The standard InChI is InChI=1S/C29H39ClFN3O4S/c1-29(2)18-21(13-16-38-29)25(20-7-9-22(30)10-8-20)17-28(35)33-27-6-4-5-26(31)24(27)12-11-23-19-32-14-15-34(23)39(3,36)37/h4-10,21,23,25,32H,11-19H2,1-3H3,(H,33,35). The van der Waals surface area contributed by atoms with E-state index in [2.05, 4.69) is 24.5 Å². The third kappa shape index (κ3) is 8.01. The fourth-order valence-corrected chi connectivity index (χ4v) is 7.23. The van der Waals surface area contributed by atoms with E-state index in [0.29, 0.717) is 55.4 Å². The molecule has 2 aliphatic rings. The number of ether oxygens (including phenoxy) is 1. The molecule has 3 atom stereocenters. The maximum Gasteiger partial charge on any atom is 0.225 e. The van der Waals surface area contributed by atoms with Crippen molar-refractivity contribution in [1.82, 2.24) is 9.62 Å². The number of halogens is 2. The molecule has 0 spiro atoms. The van der Waals surface area contributed by atoms with E-state index in [1.807, 2.05) is 24.3 Å². The van der Waals surface area contributed by atoms with Crippen molar-refractivity contribution in [2.24, 2.45) is 5.92 Å². The van der Waals surface area contributed by atoms with Crippen molar-refractivity contribution in [3.63, 3.8) is 0 Å². The zero-order valence-electron chi connectivity index (χ0n) is 22.9. The molecule has 2 saturated heterocycles. The quantitative estimate of drug-likeness (QED) is 0.438. The summed E-state index contributed by atoms with van der Waals surface area (Å²) in [6, 6.07) is 12.0. The zero-order chi connectivity index (χ0) is 28.2. The van der Waals surface area contributed by atoms with Gasteiger partial charge in [-0.2, -0.15) is 4.31 Å². The fraction of sp³-hybridized carbons (Fsp3) is 0.552. The molecule has 4 rings (SSSR count). The fourth-order valence-electron chi connectivity index (χ4n) is 5.96. The monoisotopic (exact) mass is 579 g/mol. The number of carbonyl (C=O) groups excluding carboxylic acids is 1. The second kappa shape index (κ2) is 12.6. The Bertz CT molecular complexity index is 1260. The molecular formula is C29H39ClFN3O4S. The lowest BCUT2D eigenvalue weighted by Crippen LogP contribution is -2.53. The highest BCUT2D eigenvalue weighted by Gasteiger charge is 2.35. The highest BCUT2D eigenvalue weighted by molar-refractivity contribution is 7.88. The van der Waals surface area contributed by atoms with E-state index in [-0.39, 0.29) is 35.8 Å². The van der Waals surface area contributed by atoms with Crippen LogP contribution in [0.1, 0.15) is 56.6 Å². The number of nitrogens with one attached hydrogen (secondary N) is 2. The Balaban J connectivity index is 1.50. The molecule has 3 unspecified atom stereocenters. The highest BCUT2D eigenvalue weighted by atomic mass is 35.5. The van der Waals surface area contributed by atoms with Gasteiger partial charge in [0.15, 0.2) is 0 Å². The van der Waals surface area contributed by atoms with Crippen molar-refractivity contribution in [3.8, 4) is 0 Å². The SMILES string of the molecule is CC1(C)CC(C(CC(=O)Nc2cccc(F)c2CCC2CNCCN2S(C)(=O)=O)c2ccc(Cl)cc2)CCO1. The van der Waals surface area contributed by atoms with Crippen LogP contribution in [0.3, 0.4) is 0 Å². The van der Waals surface area contributed by atoms with E-state index < -0.39 is 15.8 Å². The number of anilines is 1. The predicted molar refractivity (Wildman–Crippen MR) is 153 cm³/mol. The second-order valence-corrected chi connectivity index (χ2v) is 13.7. The number of sulfonamides is 1. The van der Waals surface area contributed by atoms with Crippen molar-refractivity contribution < 1.29 is 22.3 Å². The van der Waals surface area contributed by atoms with E-state index in [0.717, 1.165) is 18.4 Å². The Morgan fingerprint density at radius 1 is 1.26 bits per heavy atom. The van der Waals surface area contributed by atoms with Gasteiger partial charge in [0, 0.05) is 55.0 Å². The van der Waals surface area contributed by atoms with Crippen molar-refractivity contribution in [1.29, 1.82) is 0 Å². The minimum atomic E-state index is -3.37. The molecule has 0 radical (unpaired) electrons. The lowest BCUT2D eigenvalue weighted by molar-refractivity contribution is -0.118. The summed E-state index contributed by atoms with van der Waals surface area (Å²) in [5.74, 6) is -0.404. The first-order valence-electron chi connectivity index (χ1n) is 13.6. The Labute approximate surface area is 236 Å². The summed E-state index contributed by atoms with van der Waals surface area (Å²) >= 11 is 6.14. The summed E-state index contributed by atoms with van der Waals surface area (Å²) in [4.78, 5) is 13.4. The van der Waals surface area contributed by atoms with E-state index >= 15 is 4.39 Å². The van der Waals surface area contributed by atoms with Gasteiger partial charge in [-0.05, 0) is 81.2 Å². The van der Waals surface area contributed by atoms with Gasteiger partial charge < -0.3 is 15.4 Å². The van der Waals surface area contributed by atoms with Crippen molar-refractivity contribution >= 4 is 33.2 Å². The van der Waals surface area contributed by atoms with Gasteiger partial charge in [-0.15, -0.1) is 0 Å². The number of carbonyl (C=O) groups is 1. The van der Waals surface area contributed by atoms with Crippen LogP contribution in [0.5, 0.6) is 0 Å². The number of hydrogen-bond donors (Lipinski definition) is 2. The lowest BCUT2D eigenvalue weighted by Gasteiger charge is -2.39. The van der Waals surface area contributed by atoms with Gasteiger partial charge in [-0.25, -0.2) is 12.8 Å². The van der Waals surface area contributed by atoms with Crippen LogP contribution in [0.15, 0.2) is 42.5 Å². The van der Waals surface area contributed by atoms with E-state index in [9.17, 15) is 13.2 Å². The molecule has 0 saturated carbocycles. The summed E-state index contributed by atoms with van der Waals surface area (Å²) in [6.07, 6.45) is 3.86. The van der Waals surface area contributed by atoms with Crippen LogP contribution in [-0.4, -0.2) is 62.8 Å². The highest BCUT2D eigenvalue weighted by Crippen LogP contribution is 2.40. The summed E-state index contributed by atoms with van der Waals surface area (Å²) in [5.41, 5.74) is 1.59. The maximum atomic E-state index is 15.0. The number of nitrogens with zero attached hydrogens (tertiary/aromatic N) is 1. The van der Waals surface area contributed by atoms with Crippen LogP contribution in [0.4, 0.5) is 10.1 Å². The van der Waals surface area contributed by atoms with E-state index in [1.165, 1.54) is 16.6 Å². The minimum absolute atomic E-state index is 0.0425. The normalized spacial score (nSPS) is 22.8. The average molecular weight is 580 g/mol. The molecule has 7 nitrogen and oxygen atoms in total. The molecule has 2 N–H and O–H groups in total. The smallest absolute Gasteiger partial charge is 0.225 e. The number of benzene rings is 2. The predicted octanol–water partition coefficient (Wildman–Crippen LogP) is 4.96. The molecule has 39 heavy (non-hydrogen) atoms. The topological polar surface area (TPSA) is 87.7 Å². The van der Waals surface area contributed by atoms with Crippen LogP contribution >= 0.6 is 11.6 Å². The van der Waals surface area contributed by atoms with Crippen LogP contribution in [0, 0.1) is 11.7 Å². The molecule has 2 fully saturated rings. The molecule has 0 aromatic heterocycles. The molecule has 2 aromatic rings. The molecule has 10 heteroatoms. The van der Waals surface area contributed by atoms with Gasteiger partial charge in [0.05, 0.1) is 11.9 Å². The number of hydrogen-bond acceptors (Lipinski definition) is 5. The molecule has 2 aromatic carbocycles. The van der Waals surface area contributed by atoms with E-state index in [1.54, 1.807) is 12.1 Å². The van der Waals surface area contributed by atoms with Gasteiger partial charge >= 0.3 is 0 Å². The summed E-state index contributed by atoms with van der Waals surface area (Å²) in [6.45, 7) is 6.27. The maximum absolute atomic E-state index is 15.0. The van der Waals surface area contributed by atoms with Crippen molar-refractivity contribution in [2.75, 3.05) is 37.8 Å². The zero-order valence-corrected chi connectivity index (χ0v) is 24.5. The van der Waals surface area contributed by atoms with Gasteiger partial charge in [0.2, 0.25) is 15.9 Å². The third-order valence-electron chi connectivity index (χ3n) is 7.85. The molecular weight excluding hydrogens is 541 g/mol. The first-order chi connectivity index (χ1) is 18.4. The van der Waals surface area contributed by atoms with Crippen LogP contribution < -0.4 is 10.6 Å². The third-order valence-corrected chi connectivity index (χ3v) is 9.44. The first kappa shape index (κ1) is 29.9. The van der Waals surface area contributed by atoms with Gasteiger partial charge in [0.25, 0.3) is 0 Å². The first-order valence-corrected chi connectivity index (χ1v) is 15.8. The van der Waals surface area contributed by atoms with Gasteiger partial charge in [0.1, 0.15) is 5.82 Å². The molecule has 2 aliphatic heterocycles. The summed E-state index contributed by atoms with van der Waals surface area (Å²) < 4.78 is 46.9. The van der Waals surface area contributed by atoms with Gasteiger partial charge in [-0.3, -0.25) is 4.79 Å². The minimum Gasteiger partial charge on any atom is -0.376 e. The van der Waals surface area contributed by atoms with E-state index in [4.69, 9.17) is 16.3 Å². The van der Waals surface area contributed by atoms with Crippen LogP contribution in [0.25, 0.3) is 0 Å².